The molecule has 23 heavy (non-hydrogen) atoms. The van der Waals surface area contributed by atoms with Crippen molar-refractivity contribution in [3.8, 4) is 0 Å². The molecule has 0 spiro atoms. The van der Waals surface area contributed by atoms with Crippen molar-refractivity contribution in [2.24, 2.45) is 10.9 Å². The summed E-state index contributed by atoms with van der Waals surface area (Å²) in [6.45, 7) is 4.73. The first kappa shape index (κ1) is 15.8. The van der Waals surface area contributed by atoms with Gasteiger partial charge >= 0.3 is 0 Å². The Kier molecular flexibility index (Phi) is 4.49. The van der Waals surface area contributed by atoms with E-state index in [2.05, 4.69) is 16.3 Å². The van der Waals surface area contributed by atoms with Gasteiger partial charge in [-0.1, -0.05) is 12.1 Å². The second kappa shape index (κ2) is 6.55. The lowest BCUT2D eigenvalue weighted by Gasteiger charge is -2.33. The smallest absolute Gasteiger partial charge is 0.170 e. The fourth-order valence-electron chi connectivity index (χ4n) is 2.91. The van der Waals surface area contributed by atoms with Crippen molar-refractivity contribution in [1.29, 1.82) is 0 Å². The van der Waals surface area contributed by atoms with Gasteiger partial charge in [0, 0.05) is 23.9 Å². The molecule has 7 nitrogen and oxygen atoms in total. The average molecular weight is 318 g/mol. The highest BCUT2D eigenvalue weighted by molar-refractivity contribution is 6.01. The molecule has 3 rings (SSSR count). The van der Waals surface area contributed by atoms with E-state index in [0.717, 1.165) is 47.8 Å². The summed E-state index contributed by atoms with van der Waals surface area (Å²) in [5.74, 6) is 0.130. The minimum Gasteiger partial charge on any atom is -0.409 e. The Morgan fingerprint density at radius 1 is 1.43 bits per heavy atom. The number of hydrogen-bond acceptors (Lipinski definition) is 5. The van der Waals surface area contributed by atoms with Crippen molar-refractivity contribution in [1.82, 2.24) is 9.78 Å². The molecule has 3 N–H and O–H groups in total. The summed E-state index contributed by atoms with van der Waals surface area (Å²) < 4.78 is 12.8. The molecule has 0 amide bonds. The van der Waals surface area contributed by atoms with Crippen LogP contribution in [0.4, 0.5) is 0 Å². The van der Waals surface area contributed by atoms with Gasteiger partial charge in [0.25, 0.3) is 0 Å². The second-order valence-electron chi connectivity index (χ2n) is 5.69. The monoisotopic (exact) mass is 318 g/mol. The number of rotatable bonds is 6. The predicted molar refractivity (Wildman–Crippen MR) is 86.3 cm³/mol. The molecule has 1 aliphatic heterocycles. The van der Waals surface area contributed by atoms with E-state index >= 15 is 0 Å². The number of oxime groups is 1. The van der Waals surface area contributed by atoms with Gasteiger partial charge < -0.3 is 20.4 Å². The van der Waals surface area contributed by atoms with Crippen LogP contribution in [-0.4, -0.2) is 33.4 Å². The summed E-state index contributed by atoms with van der Waals surface area (Å²) >= 11 is 0. The molecule has 124 valence electrons. The molecule has 0 atom stereocenters. The Balaban J connectivity index is 1.76. The molecule has 2 heterocycles. The molecular formula is C16H22N4O3. The third-order valence-corrected chi connectivity index (χ3v) is 4.13. The number of benzene rings is 1. The van der Waals surface area contributed by atoms with Crippen LogP contribution in [-0.2, 0) is 22.4 Å². The Hall–Kier alpha value is -2.12. The topological polar surface area (TPSA) is 94.9 Å². The summed E-state index contributed by atoms with van der Waals surface area (Å²) in [4.78, 5) is 0. The van der Waals surface area contributed by atoms with E-state index in [1.54, 1.807) is 6.20 Å². The van der Waals surface area contributed by atoms with Crippen LogP contribution in [0.25, 0.3) is 10.9 Å². The third kappa shape index (κ3) is 3.16. The van der Waals surface area contributed by atoms with Crippen LogP contribution in [0.2, 0.25) is 0 Å². The predicted octanol–water partition coefficient (Wildman–Crippen LogP) is 2.19. The van der Waals surface area contributed by atoms with Crippen molar-refractivity contribution in [3.05, 3.63) is 29.5 Å². The van der Waals surface area contributed by atoms with E-state index in [0.29, 0.717) is 0 Å². The molecular weight excluding hydrogens is 296 g/mol. The van der Waals surface area contributed by atoms with Crippen LogP contribution in [0.3, 0.4) is 0 Å². The van der Waals surface area contributed by atoms with Gasteiger partial charge in [-0.3, -0.25) is 4.68 Å². The lowest BCUT2D eigenvalue weighted by molar-refractivity contribution is -0.377. The molecule has 1 aromatic heterocycles. The van der Waals surface area contributed by atoms with Gasteiger partial charge in [0.15, 0.2) is 18.4 Å². The number of nitrogens with zero attached hydrogens (tertiary/aromatic N) is 3. The van der Waals surface area contributed by atoms with E-state index in [1.807, 2.05) is 24.6 Å². The first-order valence-corrected chi connectivity index (χ1v) is 7.89. The highest BCUT2D eigenvalue weighted by Crippen LogP contribution is 2.23. The van der Waals surface area contributed by atoms with Crippen LogP contribution in [0.5, 0.6) is 0 Å². The molecule has 1 aliphatic rings. The van der Waals surface area contributed by atoms with Crippen molar-refractivity contribution in [2.45, 2.75) is 52.2 Å². The van der Waals surface area contributed by atoms with Gasteiger partial charge in [-0.05, 0) is 37.5 Å². The highest BCUT2D eigenvalue weighted by Gasteiger charge is 2.25. The summed E-state index contributed by atoms with van der Waals surface area (Å²) in [5, 5.41) is 17.5. The molecule has 2 aromatic rings. The largest absolute Gasteiger partial charge is 0.409 e. The number of fused-ring (bicyclic) bond motifs is 1. The molecule has 0 saturated carbocycles. The standard InChI is InChI=1S/C16H22N4O3/c1-3-11-8-14-12(7-13(11)16(17)19-21)9-18-20(14)6-4-5-15-22-10(2)23-15/h7-10,15,21H,3-6H2,1-2H3,(H2,17,19). The fraction of sp³-hybridized carbons (Fsp3) is 0.500. The van der Waals surface area contributed by atoms with Gasteiger partial charge in [0.1, 0.15) is 0 Å². The van der Waals surface area contributed by atoms with Gasteiger partial charge in [-0.25, -0.2) is 0 Å². The molecule has 0 bridgehead atoms. The number of nitrogens with two attached hydrogens (primary N) is 1. The van der Waals surface area contributed by atoms with Gasteiger partial charge in [-0.15, -0.1) is 0 Å². The quantitative estimate of drug-likeness (QED) is 0.368. The molecule has 0 radical (unpaired) electrons. The van der Waals surface area contributed by atoms with Crippen molar-refractivity contribution in [2.75, 3.05) is 0 Å². The second-order valence-corrected chi connectivity index (χ2v) is 5.69. The summed E-state index contributed by atoms with van der Waals surface area (Å²) in [6, 6.07) is 3.99. The lowest BCUT2D eigenvalue weighted by Crippen LogP contribution is -2.38. The normalized spacial score (nSPS) is 21.6. The third-order valence-electron chi connectivity index (χ3n) is 4.13. The Morgan fingerprint density at radius 2 is 2.22 bits per heavy atom. The first-order chi connectivity index (χ1) is 11.1. The summed E-state index contributed by atoms with van der Waals surface area (Å²) in [5.41, 5.74) is 8.61. The molecule has 1 saturated heterocycles. The number of ether oxygens (including phenoxy) is 2. The van der Waals surface area contributed by atoms with Crippen LogP contribution in [0, 0.1) is 0 Å². The lowest BCUT2D eigenvalue weighted by atomic mass is 10.0. The maximum Gasteiger partial charge on any atom is 0.170 e. The number of hydrogen-bond donors (Lipinski definition) is 2. The van der Waals surface area contributed by atoms with Crippen molar-refractivity contribution < 1.29 is 14.7 Å². The number of amidine groups is 1. The fourth-order valence-corrected chi connectivity index (χ4v) is 2.91. The van der Waals surface area contributed by atoms with E-state index in [4.69, 9.17) is 20.4 Å². The van der Waals surface area contributed by atoms with E-state index in [1.165, 1.54) is 0 Å². The molecule has 0 aliphatic carbocycles. The number of aryl methyl sites for hydroxylation is 2. The molecule has 7 heteroatoms. The number of aromatic nitrogens is 2. The highest BCUT2D eigenvalue weighted by atomic mass is 16.9. The summed E-state index contributed by atoms with van der Waals surface area (Å²) in [7, 11) is 0. The maximum atomic E-state index is 8.92. The van der Waals surface area contributed by atoms with Crippen molar-refractivity contribution in [3.63, 3.8) is 0 Å². The molecule has 1 aromatic carbocycles. The van der Waals surface area contributed by atoms with E-state index in [9.17, 15) is 0 Å². The van der Waals surface area contributed by atoms with Crippen LogP contribution < -0.4 is 5.73 Å². The average Bonchev–Trinajstić information content (AvgIpc) is 2.93. The Morgan fingerprint density at radius 3 is 2.87 bits per heavy atom. The first-order valence-electron chi connectivity index (χ1n) is 7.89. The van der Waals surface area contributed by atoms with E-state index in [-0.39, 0.29) is 18.4 Å². The maximum absolute atomic E-state index is 8.92. The van der Waals surface area contributed by atoms with Gasteiger partial charge in [0.05, 0.1) is 11.7 Å². The van der Waals surface area contributed by atoms with Crippen LogP contribution in [0.15, 0.2) is 23.5 Å². The van der Waals surface area contributed by atoms with Gasteiger partial charge in [0.2, 0.25) is 0 Å². The zero-order chi connectivity index (χ0) is 16.4. The van der Waals surface area contributed by atoms with Crippen molar-refractivity contribution >= 4 is 16.7 Å². The van der Waals surface area contributed by atoms with Gasteiger partial charge in [-0.2, -0.15) is 5.10 Å². The van der Waals surface area contributed by atoms with Crippen LogP contribution >= 0.6 is 0 Å². The minimum atomic E-state index is -0.0785. The Labute approximate surface area is 134 Å². The summed E-state index contributed by atoms with van der Waals surface area (Å²) in [6.07, 6.45) is 4.24. The minimum absolute atomic E-state index is 0.0743. The van der Waals surface area contributed by atoms with Crippen LogP contribution in [0.1, 0.15) is 37.8 Å². The SMILES string of the molecule is CCc1cc2c(cnn2CCCC2OC(C)O2)cc1/C(N)=N\O. The Bertz CT molecular complexity index is 719. The molecule has 0 unspecified atom stereocenters. The van der Waals surface area contributed by atoms with E-state index < -0.39 is 0 Å². The molecule has 1 fully saturated rings. The zero-order valence-electron chi connectivity index (χ0n) is 13.4. The zero-order valence-corrected chi connectivity index (χ0v) is 13.4.